The van der Waals surface area contributed by atoms with Crippen LogP contribution in [-0.4, -0.2) is 5.91 Å². The molecule has 1 atom stereocenters. The van der Waals surface area contributed by atoms with Crippen molar-refractivity contribution in [2.45, 2.75) is 13.0 Å². The van der Waals surface area contributed by atoms with E-state index in [9.17, 15) is 9.18 Å². The smallest absolute Gasteiger partial charge is 0.287 e. The van der Waals surface area contributed by atoms with E-state index >= 15 is 0 Å². The summed E-state index contributed by atoms with van der Waals surface area (Å²) in [4.78, 5) is 12.3. The number of carbonyl (C=O) groups excluding carboxylic acids is 1. The molecule has 0 aliphatic rings. The summed E-state index contributed by atoms with van der Waals surface area (Å²) in [6, 6.07) is 18.8. The first-order valence-electron chi connectivity index (χ1n) is 7.35. The predicted octanol–water partition coefficient (Wildman–Crippen LogP) is 4.58. The van der Waals surface area contributed by atoms with Gasteiger partial charge in [-0.1, -0.05) is 30.3 Å². The zero-order valence-corrected chi connectivity index (χ0v) is 12.6. The van der Waals surface area contributed by atoms with Gasteiger partial charge in [0.05, 0.1) is 6.04 Å². The molecular formula is C19H16FNO2. The largest absolute Gasteiger partial charge is 0.451 e. The Morgan fingerprint density at radius 3 is 2.39 bits per heavy atom. The van der Waals surface area contributed by atoms with Crippen molar-refractivity contribution in [3.63, 3.8) is 0 Å². The second-order valence-electron chi connectivity index (χ2n) is 5.28. The lowest BCUT2D eigenvalue weighted by atomic mass is 10.1. The molecule has 0 aliphatic carbocycles. The zero-order valence-electron chi connectivity index (χ0n) is 12.6. The maximum atomic E-state index is 12.9. The Labute approximate surface area is 133 Å². The summed E-state index contributed by atoms with van der Waals surface area (Å²) in [5, 5.41) is 2.89. The van der Waals surface area contributed by atoms with Gasteiger partial charge in [0.25, 0.3) is 5.91 Å². The third kappa shape index (κ3) is 3.48. The van der Waals surface area contributed by atoms with E-state index in [0.717, 1.165) is 11.1 Å². The fourth-order valence-electron chi connectivity index (χ4n) is 2.32. The highest BCUT2D eigenvalue weighted by Gasteiger charge is 2.15. The van der Waals surface area contributed by atoms with Crippen LogP contribution in [0.3, 0.4) is 0 Å². The number of benzene rings is 2. The fourth-order valence-corrected chi connectivity index (χ4v) is 2.32. The van der Waals surface area contributed by atoms with E-state index in [1.807, 2.05) is 37.3 Å². The number of nitrogens with one attached hydrogen (secondary N) is 1. The van der Waals surface area contributed by atoms with Gasteiger partial charge in [-0.05, 0) is 48.9 Å². The summed E-state index contributed by atoms with van der Waals surface area (Å²) in [5.41, 5.74) is 1.74. The molecule has 0 bridgehead atoms. The van der Waals surface area contributed by atoms with Crippen LogP contribution in [-0.2, 0) is 0 Å². The van der Waals surface area contributed by atoms with Gasteiger partial charge < -0.3 is 9.73 Å². The first kappa shape index (κ1) is 15.0. The zero-order chi connectivity index (χ0) is 16.2. The van der Waals surface area contributed by atoms with Crippen LogP contribution in [0, 0.1) is 5.82 Å². The maximum absolute atomic E-state index is 12.9. The number of rotatable bonds is 4. The molecule has 3 rings (SSSR count). The number of furan rings is 1. The van der Waals surface area contributed by atoms with Crippen molar-refractivity contribution >= 4 is 5.91 Å². The molecule has 0 radical (unpaired) electrons. The van der Waals surface area contributed by atoms with Crippen LogP contribution in [0.5, 0.6) is 0 Å². The summed E-state index contributed by atoms with van der Waals surface area (Å²) in [6.45, 7) is 1.91. The average molecular weight is 309 g/mol. The van der Waals surface area contributed by atoms with Gasteiger partial charge in [-0.25, -0.2) is 4.39 Å². The Morgan fingerprint density at radius 2 is 1.70 bits per heavy atom. The highest BCUT2D eigenvalue weighted by Crippen LogP contribution is 2.23. The molecule has 0 unspecified atom stereocenters. The van der Waals surface area contributed by atoms with Crippen LogP contribution in [0.4, 0.5) is 4.39 Å². The summed E-state index contributed by atoms with van der Waals surface area (Å²) in [6.07, 6.45) is 0. The van der Waals surface area contributed by atoms with E-state index in [4.69, 9.17) is 4.42 Å². The molecule has 1 amide bonds. The maximum Gasteiger partial charge on any atom is 0.287 e. The highest BCUT2D eigenvalue weighted by molar-refractivity contribution is 5.92. The SMILES string of the molecule is C[C@H](NC(=O)c1ccc(-c2ccc(F)cc2)o1)c1ccccc1. The molecule has 0 aliphatic heterocycles. The molecule has 2 aromatic carbocycles. The predicted molar refractivity (Wildman–Crippen MR) is 86.4 cm³/mol. The Balaban J connectivity index is 1.72. The van der Waals surface area contributed by atoms with E-state index in [2.05, 4.69) is 5.32 Å². The van der Waals surface area contributed by atoms with Gasteiger partial charge >= 0.3 is 0 Å². The van der Waals surface area contributed by atoms with Crippen LogP contribution in [0.2, 0.25) is 0 Å². The summed E-state index contributed by atoms with van der Waals surface area (Å²) in [7, 11) is 0. The van der Waals surface area contributed by atoms with Gasteiger partial charge in [-0.2, -0.15) is 0 Å². The summed E-state index contributed by atoms with van der Waals surface area (Å²) >= 11 is 0. The lowest BCUT2D eigenvalue weighted by molar-refractivity contribution is 0.0912. The lowest BCUT2D eigenvalue weighted by Gasteiger charge is -2.13. The standard InChI is InChI=1S/C19H16FNO2/c1-13(14-5-3-2-4-6-14)21-19(22)18-12-11-17(23-18)15-7-9-16(20)10-8-15/h2-13H,1H3,(H,21,22)/t13-/m0/s1. The molecule has 116 valence electrons. The molecule has 4 heteroatoms. The van der Waals surface area contributed by atoms with E-state index in [-0.39, 0.29) is 23.5 Å². The van der Waals surface area contributed by atoms with Crippen LogP contribution in [0.15, 0.2) is 71.1 Å². The Morgan fingerprint density at radius 1 is 1.00 bits per heavy atom. The van der Waals surface area contributed by atoms with Crippen LogP contribution in [0.1, 0.15) is 29.1 Å². The van der Waals surface area contributed by atoms with E-state index in [1.165, 1.54) is 12.1 Å². The molecule has 1 heterocycles. The molecule has 1 N–H and O–H groups in total. The average Bonchev–Trinajstić information content (AvgIpc) is 3.06. The Hall–Kier alpha value is -2.88. The monoisotopic (exact) mass is 309 g/mol. The van der Waals surface area contributed by atoms with Crippen molar-refractivity contribution in [1.29, 1.82) is 0 Å². The third-order valence-electron chi connectivity index (χ3n) is 3.61. The quantitative estimate of drug-likeness (QED) is 0.766. The number of halogens is 1. The second-order valence-corrected chi connectivity index (χ2v) is 5.28. The van der Waals surface area contributed by atoms with Crippen molar-refractivity contribution in [2.75, 3.05) is 0 Å². The third-order valence-corrected chi connectivity index (χ3v) is 3.61. The van der Waals surface area contributed by atoms with Gasteiger partial charge in [0.1, 0.15) is 11.6 Å². The molecule has 3 nitrogen and oxygen atoms in total. The lowest BCUT2D eigenvalue weighted by Crippen LogP contribution is -2.26. The van der Waals surface area contributed by atoms with Crippen molar-refractivity contribution in [3.8, 4) is 11.3 Å². The van der Waals surface area contributed by atoms with Gasteiger partial charge in [-0.3, -0.25) is 4.79 Å². The fraction of sp³-hybridized carbons (Fsp3) is 0.105. The minimum atomic E-state index is -0.310. The van der Waals surface area contributed by atoms with E-state index < -0.39 is 0 Å². The molecule has 23 heavy (non-hydrogen) atoms. The van der Waals surface area contributed by atoms with Crippen LogP contribution < -0.4 is 5.32 Å². The Bertz CT molecular complexity index is 794. The molecular weight excluding hydrogens is 293 g/mol. The van der Waals surface area contributed by atoms with Gasteiger partial charge in [0.15, 0.2) is 5.76 Å². The molecule has 1 aromatic heterocycles. The van der Waals surface area contributed by atoms with Crippen molar-refractivity contribution in [2.24, 2.45) is 0 Å². The minimum absolute atomic E-state index is 0.122. The van der Waals surface area contributed by atoms with E-state index in [0.29, 0.717) is 5.76 Å². The molecule has 0 saturated heterocycles. The first-order valence-corrected chi connectivity index (χ1v) is 7.35. The van der Waals surface area contributed by atoms with Crippen LogP contribution >= 0.6 is 0 Å². The number of carbonyl (C=O) groups is 1. The van der Waals surface area contributed by atoms with Crippen molar-refractivity contribution in [3.05, 3.63) is 83.9 Å². The van der Waals surface area contributed by atoms with Gasteiger partial charge in [0.2, 0.25) is 0 Å². The molecule has 3 aromatic rings. The number of hydrogen-bond acceptors (Lipinski definition) is 2. The molecule has 0 saturated carbocycles. The minimum Gasteiger partial charge on any atom is -0.451 e. The second kappa shape index (κ2) is 6.48. The molecule has 0 fully saturated rings. The normalized spacial score (nSPS) is 11.9. The van der Waals surface area contributed by atoms with Crippen molar-refractivity contribution < 1.29 is 13.6 Å². The summed E-state index contributed by atoms with van der Waals surface area (Å²) < 4.78 is 18.5. The van der Waals surface area contributed by atoms with Gasteiger partial charge in [0, 0.05) is 5.56 Å². The van der Waals surface area contributed by atoms with Crippen molar-refractivity contribution in [1.82, 2.24) is 5.32 Å². The van der Waals surface area contributed by atoms with E-state index in [1.54, 1.807) is 24.3 Å². The van der Waals surface area contributed by atoms with Crippen LogP contribution in [0.25, 0.3) is 11.3 Å². The molecule has 0 spiro atoms. The van der Waals surface area contributed by atoms with Gasteiger partial charge in [-0.15, -0.1) is 0 Å². The highest BCUT2D eigenvalue weighted by atomic mass is 19.1. The Kier molecular flexibility index (Phi) is 4.24. The topological polar surface area (TPSA) is 42.2 Å². The first-order chi connectivity index (χ1) is 11.1. The number of amides is 1. The summed E-state index contributed by atoms with van der Waals surface area (Å²) in [5.74, 6) is 0.166. The number of hydrogen-bond donors (Lipinski definition) is 1.